The van der Waals surface area contributed by atoms with Crippen molar-refractivity contribution in [2.45, 2.75) is 33.1 Å². The second-order valence-corrected chi connectivity index (χ2v) is 4.91. The standard InChI is InChI=1S/C14H17N3O4/c1-8-3-4-10(9(2)5-8)12(19)6-17-11(7-18)13(14(20)21)15-16-17/h3-5,12,18-19H,6-7H2,1-2H3,(H,20,21). The number of carboxylic acid groups (broad SMARTS) is 1. The summed E-state index contributed by atoms with van der Waals surface area (Å²) in [6.45, 7) is 3.38. The maximum Gasteiger partial charge on any atom is 0.358 e. The highest BCUT2D eigenvalue weighted by atomic mass is 16.4. The summed E-state index contributed by atoms with van der Waals surface area (Å²) >= 11 is 0. The molecule has 1 aromatic carbocycles. The molecule has 2 aromatic rings. The molecule has 0 aliphatic heterocycles. The summed E-state index contributed by atoms with van der Waals surface area (Å²) in [4.78, 5) is 11.0. The van der Waals surface area contributed by atoms with Crippen LogP contribution >= 0.6 is 0 Å². The first-order valence-electron chi connectivity index (χ1n) is 6.45. The first-order chi connectivity index (χ1) is 9.93. The van der Waals surface area contributed by atoms with E-state index in [1.165, 1.54) is 4.68 Å². The minimum absolute atomic E-state index is 0.0279. The molecular formula is C14H17N3O4. The Balaban J connectivity index is 2.27. The average Bonchev–Trinajstić information content (AvgIpc) is 2.81. The van der Waals surface area contributed by atoms with Crippen LogP contribution in [0.1, 0.15) is 39.0 Å². The molecule has 0 saturated carbocycles. The number of aryl methyl sites for hydroxylation is 2. The predicted molar refractivity (Wildman–Crippen MR) is 73.8 cm³/mol. The Kier molecular flexibility index (Phi) is 4.35. The van der Waals surface area contributed by atoms with Gasteiger partial charge in [0.25, 0.3) is 0 Å². The SMILES string of the molecule is Cc1ccc(C(O)Cn2nnc(C(=O)O)c2CO)c(C)c1. The topological polar surface area (TPSA) is 108 Å². The molecule has 0 amide bonds. The zero-order valence-electron chi connectivity index (χ0n) is 11.8. The first kappa shape index (κ1) is 15.1. The summed E-state index contributed by atoms with van der Waals surface area (Å²) in [5, 5.41) is 35.7. The summed E-state index contributed by atoms with van der Waals surface area (Å²) in [5.41, 5.74) is 2.54. The van der Waals surface area contributed by atoms with Gasteiger partial charge in [-0.05, 0) is 25.0 Å². The molecular weight excluding hydrogens is 274 g/mol. The van der Waals surface area contributed by atoms with E-state index < -0.39 is 18.7 Å². The number of aromatic nitrogens is 3. The average molecular weight is 291 g/mol. The van der Waals surface area contributed by atoms with Crippen molar-refractivity contribution in [1.82, 2.24) is 15.0 Å². The van der Waals surface area contributed by atoms with Crippen LogP contribution in [-0.4, -0.2) is 36.3 Å². The fourth-order valence-electron chi connectivity index (χ4n) is 2.26. The molecule has 7 nitrogen and oxygen atoms in total. The maximum atomic E-state index is 11.0. The molecule has 1 atom stereocenters. The molecule has 1 heterocycles. The maximum absolute atomic E-state index is 11.0. The smallest absolute Gasteiger partial charge is 0.358 e. The fourth-order valence-corrected chi connectivity index (χ4v) is 2.26. The van der Waals surface area contributed by atoms with E-state index in [0.717, 1.165) is 16.7 Å². The number of benzene rings is 1. The number of aliphatic hydroxyl groups excluding tert-OH is 2. The van der Waals surface area contributed by atoms with E-state index in [2.05, 4.69) is 10.3 Å². The number of carboxylic acids is 1. The van der Waals surface area contributed by atoms with Gasteiger partial charge in [-0.15, -0.1) is 5.10 Å². The first-order valence-corrected chi connectivity index (χ1v) is 6.45. The molecule has 0 aliphatic rings. The molecule has 0 spiro atoms. The van der Waals surface area contributed by atoms with Crippen LogP contribution in [0.2, 0.25) is 0 Å². The Morgan fingerprint density at radius 2 is 2.10 bits per heavy atom. The molecule has 0 fully saturated rings. The van der Waals surface area contributed by atoms with Gasteiger partial charge in [0, 0.05) is 0 Å². The largest absolute Gasteiger partial charge is 0.476 e. The van der Waals surface area contributed by atoms with Crippen LogP contribution in [0.15, 0.2) is 18.2 Å². The Hall–Kier alpha value is -2.25. The van der Waals surface area contributed by atoms with Crippen LogP contribution < -0.4 is 0 Å². The zero-order chi connectivity index (χ0) is 15.6. The summed E-state index contributed by atoms with van der Waals surface area (Å²) in [6, 6.07) is 5.67. The Bertz CT molecular complexity index is 666. The highest BCUT2D eigenvalue weighted by Gasteiger charge is 2.20. The monoisotopic (exact) mass is 291 g/mol. The summed E-state index contributed by atoms with van der Waals surface area (Å²) in [5.74, 6) is -1.26. The minimum Gasteiger partial charge on any atom is -0.476 e. The highest BCUT2D eigenvalue weighted by molar-refractivity contribution is 5.86. The molecule has 0 radical (unpaired) electrons. The number of hydrogen-bond acceptors (Lipinski definition) is 5. The van der Waals surface area contributed by atoms with Gasteiger partial charge in [-0.2, -0.15) is 0 Å². The molecule has 1 aromatic heterocycles. The van der Waals surface area contributed by atoms with Crippen molar-refractivity contribution in [1.29, 1.82) is 0 Å². The number of nitrogens with zero attached hydrogens (tertiary/aromatic N) is 3. The third-order valence-corrected chi connectivity index (χ3v) is 3.32. The minimum atomic E-state index is -1.26. The van der Waals surface area contributed by atoms with E-state index in [-0.39, 0.29) is 17.9 Å². The van der Waals surface area contributed by atoms with Crippen molar-refractivity contribution in [2.75, 3.05) is 0 Å². The number of aromatic carboxylic acids is 1. The third kappa shape index (κ3) is 3.09. The van der Waals surface area contributed by atoms with E-state index in [0.29, 0.717) is 0 Å². The van der Waals surface area contributed by atoms with Crippen LogP contribution in [0, 0.1) is 13.8 Å². The van der Waals surface area contributed by atoms with Crippen LogP contribution in [0.25, 0.3) is 0 Å². The van der Waals surface area contributed by atoms with Crippen LogP contribution in [-0.2, 0) is 13.2 Å². The van der Waals surface area contributed by atoms with Gasteiger partial charge in [0.15, 0.2) is 5.69 Å². The van der Waals surface area contributed by atoms with Gasteiger partial charge in [0.2, 0.25) is 0 Å². The van der Waals surface area contributed by atoms with Crippen LogP contribution in [0.4, 0.5) is 0 Å². The fraction of sp³-hybridized carbons (Fsp3) is 0.357. The van der Waals surface area contributed by atoms with Crippen molar-refractivity contribution in [3.05, 3.63) is 46.3 Å². The lowest BCUT2D eigenvalue weighted by Crippen LogP contribution is -2.15. The van der Waals surface area contributed by atoms with Gasteiger partial charge in [0.1, 0.15) is 0 Å². The summed E-state index contributed by atoms with van der Waals surface area (Å²) < 4.78 is 1.22. The second-order valence-electron chi connectivity index (χ2n) is 4.91. The van der Waals surface area contributed by atoms with E-state index in [4.69, 9.17) is 5.11 Å². The van der Waals surface area contributed by atoms with Crippen LogP contribution in [0.3, 0.4) is 0 Å². The van der Waals surface area contributed by atoms with E-state index in [1.807, 2.05) is 32.0 Å². The van der Waals surface area contributed by atoms with E-state index >= 15 is 0 Å². The third-order valence-electron chi connectivity index (χ3n) is 3.32. The van der Waals surface area contributed by atoms with Gasteiger partial charge in [-0.3, -0.25) is 0 Å². The van der Waals surface area contributed by atoms with Crippen molar-refractivity contribution in [3.8, 4) is 0 Å². The van der Waals surface area contributed by atoms with Gasteiger partial charge in [0.05, 0.1) is 24.9 Å². The number of rotatable bonds is 5. The molecule has 0 aliphatic carbocycles. The van der Waals surface area contributed by atoms with Gasteiger partial charge in [-0.25, -0.2) is 9.48 Å². The predicted octanol–water partition coefficient (Wildman–Crippen LogP) is 0.819. The number of hydrogen-bond donors (Lipinski definition) is 3. The van der Waals surface area contributed by atoms with Crippen molar-refractivity contribution < 1.29 is 20.1 Å². The molecule has 2 rings (SSSR count). The summed E-state index contributed by atoms with van der Waals surface area (Å²) in [7, 11) is 0. The lowest BCUT2D eigenvalue weighted by molar-refractivity contribution is 0.0685. The molecule has 0 saturated heterocycles. The number of aliphatic hydroxyl groups is 2. The zero-order valence-corrected chi connectivity index (χ0v) is 11.8. The van der Waals surface area contributed by atoms with Gasteiger partial charge in [-0.1, -0.05) is 29.0 Å². The summed E-state index contributed by atoms with van der Waals surface area (Å²) in [6.07, 6.45) is -0.862. The lowest BCUT2D eigenvalue weighted by atomic mass is 10.0. The lowest BCUT2D eigenvalue weighted by Gasteiger charge is -2.15. The number of carbonyl (C=O) groups is 1. The van der Waals surface area contributed by atoms with Gasteiger partial charge >= 0.3 is 5.97 Å². The molecule has 21 heavy (non-hydrogen) atoms. The van der Waals surface area contributed by atoms with Gasteiger partial charge < -0.3 is 15.3 Å². The normalized spacial score (nSPS) is 12.4. The quantitative estimate of drug-likeness (QED) is 0.752. The molecule has 1 unspecified atom stereocenters. The van der Waals surface area contributed by atoms with Crippen LogP contribution in [0.5, 0.6) is 0 Å². The molecule has 0 bridgehead atoms. The Labute approximate surface area is 121 Å². The second kappa shape index (κ2) is 6.02. The Morgan fingerprint density at radius 1 is 1.38 bits per heavy atom. The Morgan fingerprint density at radius 3 is 2.67 bits per heavy atom. The molecule has 112 valence electrons. The van der Waals surface area contributed by atoms with Crippen molar-refractivity contribution in [2.24, 2.45) is 0 Å². The molecule has 3 N–H and O–H groups in total. The van der Waals surface area contributed by atoms with Crippen molar-refractivity contribution in [3.63, 3.8) is 0 Å². The highest BCUT2D eigenvalue weighted by Crippen LogP contribution is 2.21. The van der Waals surface area contributed by atoms with E-state index in [9.17, 15) is 15.0 Å². The van der Waals surface area contributed by atoms with Crippen molar-refractivity contribution >= 4 is 5.97 Å². The van der Waals surface area contributed by atoms with E-state index in [1.54, 1.807) is 0 Å². The molecule has 7 heteroatoms.